The molecule has 0 amide bonds. The third-order valence-corrected chi connectivity index (χ3v) is 2.14. The minimum atomic E-state index is 0.00222. The molecule has 1 heteroatoms. The van der Waals surface area contributed by atoms with Crippen molar-refractivity contribution in [1.29, 1.82) is 0 Å². The molecule has 1 aromatic rings. The van der Waals surface area contributed by atoms with Gasteiger partial charge in [0.25, 0.3) is 0 Å². The van der Waals surface area contributed by atoms with E-state index in [0.29, 0.717) is 6.61 Å². The first-order valence-electron chi connectivity index (χ1n) is 5.18. The molecule has 0 aliphatic carbocycles. The van der Waals surface area contributed by atoms with Gasteiger partial charge in [-0.15, -0.1) is 0 Å². The molecule has 0 saturated carbocycles. The van der Waals surface area contributed by atoms with Gasteiger partial charge in [-0.1, -0.05) is 49.1 Å². The highest BCUT2D eigenvalue weighted by Gasteiger charge is 2.10. The van der Waals surface area contributed by atoms with Crippen molar-refractivity contribution in [3.63, 3.8) is 0 Å². The van der Waals surface area contributed by atoms with E-state index in [4.69, 9.17) is 4.74 Å². The maximum atomic E-state index is 5.74. The zero-order chi connectivity index (χ0) is 11.1. The molecule has 0 fully saturated rings. The second-order valence-electron chi connectivity index (χ2n) is 3.54. The van der Waals surface area contributed by atoms with Crippen molar-refractivity contribution < 1.29 is 4.74 Å². The number of allylic oxidation sites excluding steroid dienone is 1. The summed E-state index contributed by atoms with van der Waals surface area (Å²) in [7, 11) is 0. The van der Waals surface area contributed by atoms with Crippen LogP contribution in [0.5, 0.6) is 0 Å². The molecule has 1 atom stereocenters. The van der Waals surface area contributed by atoms with E-state index in [-0.39, 0.29) is 6.10 Å². The normalized spacial score (nSPS) is 12.9. The largest absolute Gasteiger partial charge is 0.365 e. The SMILES string of the molecule is C=C(C)C(OC/C=C/C)c1ccccc1. The van der Waals surface area contributed by atoms with Crippen LogP contribution in [-0.4, -0.2) is 6.61 Å². The van der Waals surface area contributed by atoms with Crippen molar-refractivity contribution >= 4 is 0 Å². The van der Waals surface area contributed by atoms with Crippen LogP contribution in [0.3, 0.4) is 0 Å². The molecule has 0 aromatic heterocycles. The number of ether oxygens (including phenoxy) is 1. The maximum absolute atomic E-state index is 5.74. The Labute approximate surface area is 92.1 Å². The van der Waals surface area contributed by atoms with Crippen LogP contribution >= 0.6 is 0 Å². The maximum Gasteiger partial charge on any atom is 0.103 e. The van der Waals surface area contributed by atoms with E-state index >= 15 is 0 Å². The monoisotopic (exact) mass is 202 g/mol. The van der Waals surface area contributed by atoms with Crippen molar-refractivity contribution in [2.75, 3.05) is 6.61 Å². The molecule has 0 radical (unpaired) electrons. The minimum absolute atomic E-state index is 0.00222. The van der Waals surface area contributed by atoms with Crippen molar-refractivity contribution in [3.05, 3.63) is 60.2 Å². The lowest BCUT2D eigenvalue weighted by atomic mass is 10.0. The molecular formula is C14H18O. The summed E-state index contributed by atoms with van der Waals surface area (Å²) in [6.07, 6.45) is 3.99. The van der Waals surface area contributed by atoms with Crippen molar-refractivity contribution in [3.8, 4) is 0 Å². The van der Waals surface area contributed by atoms with Gasteiger partial charge in [0, 0.05) is 0 Å². The summed E-state index contributed by atoms with van der Waals surface area (Å²) in [6, 6.07) is 10.2. The molecule has 1 nitrogen and oxygen atoms in total. The highest BCUT2D eigenvalue weighted by atomic mass is 16.5. The Bertz CT molecular complexity index is 324. The highest BCUT2D eigenvalue weighted by Crippen LogP contribution is 2.23. The van der Waals surface area contributed by atoms with Gasteiger partial charge in [0.1, 0.15) is 6.10 Å². The molecule has 1 unspecified atom stereocenters. The van der Waals surface area contributed by atoms with Crippen LogP contribution in [0.25, 0.3) is 0 Å². The molecule has 0 heterocycles. The predicted octanol–water partition coefficient (Wildman–Crippen LogP) is 3.90. The first-order valence-corrected chi connectivity index (χ1v) is 5.18. The molecule has 0 aliphatic heterocycles. The van der Waals surface area contributed by atoms with E-state index < -0.39 is 0 Å². The van der Waals surface area contributed by atoms with E-state index in [1.807, 2.05) is 44.2 Å². The van der Waals surface area contributed by atoms with E-state index in [1.165, 1.54) is 0 Å². The van der Waals surface area contributed by atoms with Gasteiger partial charge in [0.15, 0.2) is 0 Å². The fraction of sp³-hybridized carbons (Fsp3) is 0.286. The summed E-state index contributed by atoms with van der Waals surface area (Å²) in [5.74, 6) is 0. The topological polar surface area (TPSA) is 9.23 Å². The number of hydrogen-bond donors (Lipinski definition) is 0. The average Bonchev–Trinajstić information content (AvgIpc) is 2.25. The Morgan fingerprint density at radius 1 is 1.40 bits per heavy atom. The van der Waals surface area contributed by atoms with E-state index in [0.717, 1.165) is 11.1 Å². The molecule has 0 aliphatic rings. The Morgan fingerprint density at radius 2 is 2.07 bits per heavy atom. The average molecular weight is 202 g/mol. The molecule has 1 aromatic carbocycles. The third-order valence-electron chi connectivity index (χ3n) is 2.14. The van der Waals surface area contributed by atoms with Crippen LogP contribution in [0.2, 0.25) is 0 Å². The van der Waals surface area contributed by atoms with Crippen molar-refractivity contribution in [2.24, 2.45) is 0 Å². The van der Waals surface area contributed by atoms with Crippen LogP contribution in [0, 0.1) is 0 Å². The quantitative estimate of drug-likeness (QED) is 0.658. The van der Waals surface area contributed by atoms with Crippen molar-refractivity contribution in [2.45, 2.75) is 20.0 Å². The van der Waals surface area contributed by atoms with Crippen molar-refractivity contribution in [1.82, 2.24) is 0 Å². The zero-order valence-corrected chi connectivity index (χ0v) is 9.44. The molecule has 0 N–H and O–H groups in total. The number of benzene rings is 1. The van der Waals surface area contributed by atoms with Gasteiger partial charge in [0.05, 0.1) is 6.61 Å². The molecule has 0 saturated heterocycles. The van der Waals surface area contributed by atoms with E-state index in [1.54, 1.807) is 0 Å². The molecule has 80 valence electrons. The lowest BCUT2D eigenvalue weighted by molar-refractivity contribution is 0.101. The third kappa shape index (κ3) is 3.72. The summed E-state index contributed by atoms with van der Waals surface area (Å²) in [5.41, 5.74) is 2.19. The van der Waals surface area contributed by atoms with E-state index in [2.05, 4.69) is 18.7 Å². The molecule has 15 heavy (non-hydrogen) atoms. The van der Waals surface area contributed by atoms with Gasteiger partial charge in [-0.3, -0.25) is 0 Å². The zero-order valence-electron chi connectivity index (χ0n) is 9.44. The molecule has 1 rings (SSSR count). The van der Waals surface area contributed by atoms with Crippen LogP contribution in [0.15, 0.2) is 54.6 Å². The Hall–Kier alpha value is -1.34. The summed E-state index contributed by atoms with van der Waals surface area (Å²) in [5, 5.41) is 0. The number of rotatable bonds is 5. The smallest absolute Gasteiger partial charge is 0.103 e. The van der Waals surface area contributed by atoms with Crippen LogP contribution < -0.4 is 0 Å². The van der Waals surface area contributed by atoms with Gasteiger partial charge in [-0.25, -0.2) is 0 Å². The lowest BCUT2D eigenvalue weighted by Crippen LogP contribution is -2.05. The highest BCUT2D eigenvalue weighted by molar-refractivity contribution is 5.24. The van der Waals surface area contributed by atoms with Crippen LogP contribution in [0.4, 0.5) is 0 Å². The van der Waals surface area contributed by atoms with Crippen LogP contribution in [0.1, 0.15) is 25.5 Å². The van der Waals surface area contributed by atoms with Gasteiger partial charge < -0.3 is 4.74 Å². The van der Waals surface area contributed by atoms with Gasteiger partial charge >= 0.3 is 0 Å². The molecule has 0 spiro atoms. The Kier molecular flexibility index (Phi) is 4.85. The second kappa shape index (κ2) is 6.20. The fourth-order valence-electron chi connectivity index (χ4n) is 1.40. The number of hydrogen-bond acceptors (Lipinski definition) is 1. The second-order valence-corrected chi connectivity index (χ2v) is 3.54. The summed E-state index contributed by atoms with van der Waals surface area (Å²) < 4.78 is 5.74. The van der Waals surface area contributed by atoms with Gasteiger partial charge in [-0.05, 0) is 25.0 Å². The first-order chi connectivity index (χ1) is 7.25. The standard InChI is InChI=1S/C14H18O/c1-4-5-11-15-14(12(2)3)13-9-7-6-8-10-13/h4-10,14H,2,11H2,1,3H3/b5-4+. The lowest BCUT2D eigenvalue weighted by Gasteiger charge is -2.17. The Balaban J connectivity index is 2.71. The molecular weight excluding hydrogens is 184 g/mol. The van der Waals surface area contributed by atoms with Crippen LogP contribution in [-0.2, 0) is 4.74 Å². The summed E-state index contributed by atoms with van der Waals surface area (Å²) in [6.45, 7) is 8.57. The minimum Gasteiger partial charge on any atom is -0.365 e. The van der Waals surface area contributed by atoms with E-state index in [9.17, 15) is 0 Å². The fourth-order valence-corrected chi connectivity index (χ4v) is 1.40. The Morgan fingerprint density at radius 3 is 2.60 bits per heavy atom. The predicted molar refractivity (Wildman–Crippen MR) is 64.8 cm³/mol. The first kappa shape index (κ1) is 11.7. The van der Waals surface area contributed by atoms with Gasteiger partial charge in [0.2, 0.25) is 0 Å². The molecule has 0 bridgehead atoms. The van der Waals surface area contributed by atoms with Gasteiger partial charge in [-0.2, -0.15) is 0 Å². The summed E-state index contributed by atoms with van der Waals surface area (Å²) in [4.78, 5) is 0. The summed E-state index contributed by atoms with van der Waals surface area (Å²) >= 11 is 0.